The van der Waals surface area contributed by atoms with Gasteiger partial charge >= 0.3 is 6.01 Å². The lowest BCUT2D eigenvalue weighted by Gasteiger charge is -2.41. The summed E-state index contributed by atoms with van der Waals surface area (Å²) in [5.41, 5.74) is 1.99. The summed E-state index contributed by atoms with van der Waals surface area (Å²) in [4.78, 5) is 27.4. The second-order valence-corrected chi connectivity index (χ2v) is 8.63. The van der Waals surface area contributed by atoms with Crippen molar-refractivity contribution >= 4 is 11.7 Å². The minimum atomic E-state index is -1.00. The summed E-state index contributed by atoms with van der Waals surface area (Å²) in [6.45, 7) is 7.40. The number of nitrogens with one attached hydrogen (secondary N) is 1. The van der Waals surface area contributed by atoms with E-state index in [1.165, 1.54) is 11.3 Å². The number of carbonyl (C=O) groups is 1. The Labute approximate surface area is 187 Å². The van der Waals surface area contributed by atoms with Crippen molar-refractivity contribution in [2.24, 2.45) is 0 Å². The normalized spacial score (nSPS) is 23.5. The first-order valence-corrected chi connectivity index (χ1v) is 11.2. The number of piperazine rings is 1. The van der Waals surface area contributed by atoms with Crippen molar-refractivity contribution in [1.82, 2.24) is 25.1 Å². The summed E-state index contributed by atoms with van der Waals surface area (Å²) in [6, 6.07) is 2.40. The van der Waals surface area contributed by atoms with Gasteiger partial charge in [-0.15, -0.1) is 0 Å². The lowest BCUT2D eigenvalue weighted by Crippen LogP contribution is -2.55. The highest BCUT2D eigenvalue weighted by Crippen LogP contribution is 2.29. The third kappa shape index (κ3) is 4.69. The zero-order valence-corrected chi connectivity index (χ0v) is 18.5. The Hall–Kier alpha value is -2.77. The zero-order chi connectivity index (χ0) is 22.7. The molecule has 3 aliphatic heterocycles. The van der Waals surface area contributed by atoms with Crippen LogP contribution in [0.2, 0.25) is 0 Å². The number of anilines is 1. The number of ether oxygens (including phenoxy) is 1. The van der Waals surface area contributed by atoms with Crippen LogP contribution in [0.5, 0.6) is 6.01 Å². The number of carbonyl (C=O) groups excluding carboxylic acids is 1. The SMILES string of the molecule is C=C(F)C(=O)N1CCN(c2nc(OC[C@@H]3CCCN3C)nc3c2CCNC3)C[C@@H]1CC#N. The van der Waals surface area contributed by atoms with E-state index in [1.807, 2.05) is 0 Å². The fraction of sp³-hybridized carbons (Fsp3) is 0.636. The van der Waals surface area contributed by atoms with Crippen molar-refractivity contribution in [3.8, 4) is 12.1 Å². The summed E-state index contributed by atoms with van der Waals surface area (Å²) in [6.07, 6.45) is 3.17. The van der Waals surface area contributed by atoms with Gasteiger partial charge in [-0.3, -0.25) is 4.79 Å². The number of halogens is 1. The quantitative estimate of drug-likeness (QED) is 0.651. The molecule has 2 atom stereocenters. The lowest BCUT2D eigenvalue weighted by molar-refractivity contribution is -0.131. The van der Waals surface area contributed by atoms with Gasteiger partial charge in [0.25, 0.3) is 5.91 Å². The Morgan fingerprint density at radius 2 is 2.19 bits per heavy atom. The Kier molecular flexibility index (Phi) is 6.86. The minimum absolute atomic E-state index is 0.113. The van der Waals surface area contributed by atoms with E-state index in [2.05, 4.69) is 39.8 Å². The maximum atomic E-state index is 13.5. The summed E-state index contributed by atoms with van der Waals surface area (Å²) < 4.78 is 19.5. The van der Waals surface area contributed by atoms with Crippen LogP contribution in [0, 0.1) is 11.3 Å². The topological polar surface area (TPSA) is 97.6 Å². The fourth-order valence-electron chi connectivity index (χ4n) is 4.76. The second-order valence-electron chi connectivity index (χ2n) is 8.63. The number of likely N-dealkylation sites (tertiary alicyclic amines) is 1. The monoisotopic (exact) mass is 443 g/mol. The van der Waals surface area contributed by atoms with Crippen LogP contribution in [-0.2, 0) is 17.8 Å². The number of hydrogen-bond donors (Lipinski definition) is 1. The Balaban J connectivity index is 1.57. The molecule has 0 aromatic carbocycles. The first-order chi connectivity index (χ1) is 15.5. The average Bonchev–Trinajstić information content (AvgIpc) is 3.21. The van der Waals surface area contributed by atoms with Gasteiger partial charge in [-0.1, -0.05) is 6.58 Å². The van der Waals surface area contributed by atoms with Crippen molar-refractivity contribution in [1.29, 1.82) is 5.26 Å². The molecule has 1 aromatic rings. The summed E-state index contributed by atoms with van der Waals surface area (Å²) >= 11 is 0. The van der Waals surface area contributed by atoms with Crippen LogP contribution < -0.4 is 15.0 Å². The maximum absolute atomic E-state index is 13.5. The molecule has 32 heavy (non-hydrogen) atoms. The molecule has 0 radical (unpaired) electrons. The van der Waals surface area contributed by atoms with Crippen LogP contribution in [0.3, 0.4) is 0 Å². The largest absolute Gasteiger partial charge is 0.462 e. The molecule has 0 saturated carbocycles. The molecule has 4 heterocycles. The molecule has 2 saturated heterocycles. The number of nitrogens with zero attached hydrogens (tertiary/aromatic N) is 6. The Bertz CT molecular complexity index is 918. The van der Waals surface area contributed by atoms with Crippen molar-refractivity contribution in [2.75, 3.05) is 51.3 Å². The molecule has 1 aromatic heterocycles. The van der Waals surface area contributed by atoms with Gasteiger partial charge in [-0.25, -0.2) is 4.39 Å². The van der Waals surface area contributed by atoms with E-state index in [9.17, 15) is 14.4 Å². The van der Waals surface area contributed by atoms with E-state index in [0.717, 1.165) is 43.0 Å². The highest BCUT2D eigenvalue weighted by Gasteiger charge is 2.34. The molecular weight excluding hydrogens is 413 g/mol. The van der Waals surface area contributed by atoms with Crippen LogP contribution in [0.15, 0.2) is 12.4 Å². The van der Waals surface area contributed by atoms with E-state index < -0.39 is 17.8 Å². The third-order valence-corrected chi connectivity index (χ3v) is 6.57. The molecule has 1 N–H and O–H groups in total. The maximum Gasteiger partial charge on any atom is 0.318 e. The van der Waals surface area contributed by atoms with Crippen molar-refractivity contribution in [3.63, 3.8) is 0 Å². The van der Waals surface area contributed by atoms with Crippen molar-refractivity contribution in [2.45, 2.75) is 44.3 Å². The van der Waals surface area contributed by atoms with E-state index >= 15 is 0 Å². The smallest absolute Gasteiger partial charge is 0.318 e. The van der Waals surface area contributed by atoms with Crippen molar-refractivity contribution in [3.05, 3.63) is 23.7 Å². The number of amides is 1. The zero-order valence-electron chi connectivity index (χ0n) is 18.5. The Morgan fingerprint density at radius 1 is 1.34 bits per heavy atom. The van der Waals surface area contributed by atoms with Gasteiger partial charge < -0.3 is 24.8 Å². The van der Waals surface area contributed by atoms with Gasteiger partial charge in [0.15, 0.2) is 5.83 Å². The molecule has 0 bridgehead atoms. The molecule has 10 heteroatoms. The van der Waals surface area contributed by atoms with E-state index in [-0.39, 0.29) is 6.42 Å². The van der Waals surface area contributed by atoms with Crippen LogP contribution in [0.4, 0.5) is 10.2 Å². The summed E-state index contributed by atoms with van der Waals surface area (Å²) in [7, 11) is 2.10. The average molecular weight is 444 g/mol. The first kappa shape index (κ1) is 22.4. The molecule has 1 amide bonds. The van der Waals surface area contributed by atoms with Crippen LogP contribution in [-0.4, -0.2) is 84.1 Å². The molecule has 0 aliphatic carbocycles. The minimum Gasteiger partial charge on any atom is -0.462 e. The predicted octanol–water partition coefficient (Wildman–Crippen LogP) is 1.01. The van der Waals surface area contributed by atoms with Gasteiger partial charge in [-0.05, 0) is 39.4 Å². The van der Waals surface area contributed by atoms with Crippen LogP contribution in [0.1, 0.15) is 30.5 Å². The number of fused-ring (bicyclic) bond motifs is 1. The van der Waals surface area contributed by atoms with E-state index in [4.69, 9.17) is 9.72 Å². The van der Waals surface area contributed by atoms with Crippen LogP contribution in [0.25, 0.3) is 0 Å². The number of likely N-dealkylation sites (N-methyl/N-ethyl adjacent to an activating group) is 1. The number of nitriles is 1. The molecule has 3 aliphatic rings. The lowest BCUT2D eigenvalue weighted by atomic mass is 10.0. The number of rotatable bonds is 6. The van der Waals surface area contributed by atoms with Gasteiger partial charge in [0.1, 0.15) is 12.4 Å². The van der Waals surface area contributed by atoms with Gasteiger partial charge in [-0.2, -0.15) is 15.2 Å². The molecule has 4 rings (SSSR count). The number of hydrogen-bond acceptors (Lipinski definition) is 8. The van der Waals surface area contributed by atoms with Crippen molar-refractivity contribution < 1.29 is 13.9 Å². The fourth-order valence-corrected chi connectivity index (χ4v) is 4.76. The summed E-state index contributed by atoms with van der Waals surface area (Å²) in [5, 5.41) is 12.6. The molecular formula is C22H30FN7O2. The second kappa shape index (κ2) is 9.79. The molecule has 0 unspecified atom stereocenters. The predicted molar refractivity (Wildman–Crippen MR) is 117 cm³/mol. The third-order valence-electron chi connectivity index (χ3n) is 6.57. The first-order valence-electron chi connectivity index (χ1n) is 11.2. The number of aromatic nitrogens is 2. The summed E-state index contributed by atoms with van der Waals surface area (Å²) in [5.74, 6) is -0.955. The molecule has 2 fully saturated rings. The highest BCUT2D eigenvalue weighted by molar-refractivity contribution is 5.91. The van der Waals surface area contributed by atoms with Gasteiger partial charge in [0.05, 0.1) is 24.2 Å². The van der Waals surface area contributed by atoms with Gasteiger partial charge in [0.2, 0.25) is 0 Å². The molecule has 0 spiro atoms. The molecule has 172 valence electrons. The standard InChI is InChI=1S/C22H30FN7O2/c1-15(23)21(31)30-11-10-29(13-16(30)5-7-24)20-18-6-8-25-12-19(18)26-22(27-20)32-14-17-4-3-9-28(17)2/h16-17,25H,1,3-6,8-14H2,2H3/t16-,17-/m0/s1. The van der Waals surface area contributed by atoms with Gasteiger partial charge in [0, 0.05) is 37.8 Å². The van der Waals surface area contributed by atoms with E-state index in [0.29, 0.717) is 44.8 Å². The van der Waals surface area contributed by atoms with Crippen LogP contribution >= 0.6 is 0 Å². The van der Waals surface area contributed by atoms with E-state index in [1.54, 1.807) is 0 Å². The molecule has 9 nitrogen and oxygen atoms in total. The Morgan fingerprint density at radius 3 is 2.91 bits per heavy atom. The highest BCUT2D eigenvalue weighted by atomic mass is 19.1.